The van der Waals surface area contributed by atoms with Gasteiger partial charge in [-0.2, -0.15) is 0 Å². The van der Waals surface area contributed by atoms with Crippen molar-refractivity contribution in [2.75, 3.05) is 6.54 Å². The van der Waals surface area contributed by atoms with E-state index in [2.05, 4.69) is 11.4 Å². The number of aryl methyl sites for hydroxylation is 1. The van der Waals surface area contributed by atoms with Crippen molar-refractivity contribution in [1.82, 2.24) is 5.32 Å². The van der Waals surface area contributed by atoms with Crippen LogP contribution in [0.4, 0.5) is 0 Å². The number of aliphatic hydroxyl groups is 1. The van der Waals surface area contributed by atoms with Crippen LogP contribution in [-0.2, 0) is 11.2 Å². The average molecular weight is 239 g/mol. The molecule has 1 aliphatic carbocycles. The lowest BCUT2D eigenvalue weighted by Crippen LogP contribution is -2.38. The van der Waals surface area contributed by atoms with Crippen molar-refractivity contribution in [3.05, 3.63) is 22.4 Å². The van der Waals surface area contributed by atoms with Gasteiger partial charge in [-0.25, -0.2) is 0 Å². The predicted octanol–water partition coefficient (Wildman–Crippen LogP) is 1.57. The van der Waals surface area contributed by atoms with Crippen LogP contribution in [-0.4, -0.2) is 23.7 Å². The number of aliphatic hydroxyl groups excluding tert-OH is 1. The van der Waals surface area contributed by atoms with E-state index in [4.69, 9.17) is 5.11 Å². The first-order valence-electron chi connectivity index (χ1n) is 5.71. The first-order chi connectivity index (χ1) is 7.74. The van der Waals surface area contributed by atoms with Crippen LogP contribution in [0.3, 0.4) is 0 Å². The summed E-state index contributed by atoms with van der Waals surface area (Å²) in [6.07, 6.45) is 2.94. The zero-order valence-electron chi connectivity index (χ0n) is 9.19. The number of amides is 1. The minimum atomic E-state index is -0.131. The first kappa shape index (κ1) is 11.6. The second-order valence-corrected chi connectivity index (χ2v) is 5.41. The van der Waals surface area contributed by atoms with Crippen molar-refractivity contribution in [1.29, 1.82) is 0 Å². The molecular formula is C12H17NO2S. The topological polar surface area (TPSA) is 49.3 Å². The molecule has 88 valence electrons. The monoisotopic (exact) mass is 239 g/mol. The van der Waals surface area contributed by atoms with E-state index in [0.29, 0.717) is 12.3 Å². The number of hydrogen-bond donors (Lipinski definition) is 2. The second kappa shape index (κ2) is 5.46. The molecule has 1 fully saturated rings. The number of carbonyl (C=O) groups is 1. The van der Waals surface area contributed by atoms with Crippen LogP contribution in [0.2, 0.25) is 0 Å². The van der Waals surface area contributed by atoms with Crippen LogP contribution in [0.25, 0.3) is 0 Å². The van der Waals surface area contributed by atoms with E-state index in [-0.39, 0.29) is 12.0 Å². The summed E-state index contributed by atoms with van der Waals surface area (Å²) in [6, 6.07) is 4.06. The van der Waals surface area contributed by atoms with E-state index in [0.717, 1.165) is 25.8 Å². The Labute approximate surface area is 99.5 Å². The third-order valence-electron chi connectivity index (χ3n) is 2.98. The quantitative estimate of drug-likeness (QED) is 0.819. The minimum Gasteiger partial charge on any atom is -0.393 e. The lowest BCUT2D eigenvalue weighted by Gasteiger charge is -2.31. The summed E-state index contributed by atoms with van der Waals surface area (Å²) in [5.74, 6) is 0.607. The average Bonchev–Trinajstić information content (AvgIpc) is 2.72. The third kappa shape index (κ3) is 3.32. The summed E-state index contributed by atoms with van der Waals surface area (Å²) in [5.41, 5.74) is 0. The number of thiophene rings is 1. The molecule has 3 nitrogen and oxygen atoms in total. The first-order valence-corrected chi connectivity index (χ1v) is 6.59. The van der Waals surface area contributed by atoms with E-state index in [1.165, 1.54) is 4.88 Å². The molecule has 16 heavy (non-hydrogen) atoms. The third-order valence-corrected chi connectivity index (χ3v) is 3.91. The zero-order valence-corrected chi connectivity index (χ0v) is 10.0. The van der Waals surface area contributed by atoms with E-state index in [1.807, 2.05) is 11.4 Å². The summed E-state index contributed by atoms with van der Waals surface area (Å²) in [7, 11) is 0. The van der Waals surface area contributed by atoms with Gasteiger partial charge in [0.1, 0.15) is 0 Å². The van der Waals surface area contributed by atoms with Crippen LogP contribution in [0.5, 0.6) is 0 Å². The van der Waals surface area contributed by atoms with Gasteiger partial charge in [0, 0.05) is 17.8 Å². The summed E-state index contributed by atoms with van der Waals surface area (Å²) >= 11 is 1.69. The fourth-order valence-electron chi connectivity index (χ4n) is 1.91. The molecule has 0 aromatic carbocycles. The van der Waals surface area contributed by atoms with Crippen LogP contribution in [0, 0.1) is 5.92 Å². The molecule has 1 aromatic heterocycles. The van der Waals surface area contributed by atoms with E-state index >= 15 is 0 Å². The van der Waals surface area contributed by atoms with Gasteiger partial charge in [0.25, 0.3) is 0 Å². The fraction of sp³-hybridized carbons (Fsp3) is 0.583. The zero-order chi connectivity index (χ0) is 11.4. The van der Waals surface area contributed by atoms with E-state index in [1.54, 1.807) is 11.3 Å². The van der Waals surface area contributed by atoms with E-state index < -0.39 is 0 Å². The highest BCUT2D eigenvalue weighted by molar-refractivity contribution is 7.09. The Morgan fingerprint density at radius 3 is 3.00 bits per heavy atom. The Hall–Kier alpha value is -0.870. The Kier molecular flexibility index (Phi) is 3.96. The smallest absolute Gasteiger partial charge is 0.220 e. The largest absolute Gasteiger partial charge is 0.393 e. The van der Waals surface area contributed by atoms with Crippen LogP contribution >= 0.6 is 11.3 Å². The van der Waals surface area contributed by atoms with Crippen molar-refractivity contribution in [2.45, 2.75) is 31.8 Å². The highest BCUT2D eigenvalue weighted by Gasteiger charge is 2.26. The lowest BCUT2D eigenvalue weighted by molar-refractivity contribution is -0.121. The Morgan fingerprint density at radius 2 is 2.38 bits per heavy atom. The second-order valence-electron chi connectivity index (χ2n) is 4.37. The Morgan fingerprint density at radius 1 is 1.56 bits per heavy atom. The molecule has 2 N–H and O–H groups in total. The predicted molar refractivity (Wildman–Crippen MR) is 64.4 cm³/mol. The molecule has 0 saturated heterocycles. The molecule has 1 aromatic rings. The molecule has 0 bridgehead atoms. The van der Waals surface area contributed by atoms with Gasteiger partial charge in [-0.3, -0.25) is 4.79 Å². The number of carbonyl (C=O) groups excluding carboxylic acids is 1. The molecule has 0 aliphatic heterocycles. The Balaban J connectivity index is 1.58. The molecular weight excluding hydrogens is 222 g/mol. The highest BCUT2D eigenvalue weighted by atomic mass is 32.1. The molecule has 1 aliphatic rings. The van der Waals surface area contributed by atoms with E-state index in [9.17, 15) is 4.79 Å². The van der Waals surface area contributed by atoms with Gasteiger partial charge in [0.15, 0.2) is 0 Å². The fourth-order valence-corrected chi connectivity index (χ4v) is 2.61. The summed E-state index contributed by atoms with van der Waals surface area (Å²) < 4.78 is 0. The minimum absolute atomic E-state index is 0.120. The maximum absolute atomic E-state index is 11.5. The normalized spacial score (nSPS) is 23.8. The van der Waals surface area contributed by atoms with Gasteiger partial charge >= 0.3 is 0 Å². The maximum Gasteiger partial charge on any atom is 0.220 e. The molecule has 4 heteroatoms. The lowest BCUT2D eigenvalue weighted by atomic mass is 9.82. The van der Waals surface area contributed by atoms with Gasteiger partial charge in [0.05, 0.1) is 6.10 Å². The van der Waals surface area contributed by atoms with Crippen LogP contribution in [0.1, 0.15) is 24.1 Å². The molecule has 1 amide bonds. The van der Waals surface area contributed by atoms with Crippen LogP contribution in [0.15, 0.2) is 17.5 Å². The van der Waals surface area contributed by atoms with Gasteiger partial charge in [-0.05, 0) is 36.6 Å². The molecule has 1 heterocycles. The number of nitrogens with one attached hydrogen (secondary N) is 1. The van der Waals surface area contributed by atoms with Crippen molar-refractivity contribution in [2.24, 2.45) is 5.92 Å². The Bertz CT molecular complexity index is 331. The summed E-state index contributed by atoms with van der Waals surface area (Å²) in [4.78, 5) is 12.8. The van der Waals surface area contributed by atoms with Crippen LogP contribution < -0.4 is 5.32 Å². The molecule has 0 unspecified atom stereocenters. The summed E-state index contributed by atoms with van der Waals surface area (Å²) in [6.45, 7) is 0.723. The van der Waals surface area contributed by atoms with Crippen molar-refractivity contribution in [3.63, 3.8) is 0 Å². The van der Waals surface area contributed by atoms with Gasteiger partial charge in [-0.1, -0.05) is 6.07 Å². The standard InChI is InChI=1S/C12H17NO2S/c14-10-6-9(7-10)8-13-12(15)4-3-11-2-1-5-16-11/h1-2,5,9-10,14H,3-4,6-8H2,(H,13,15). The molecule has 0 radical (unpaired) electrons. The number of hydrogen-bond acceptors (Lipinski definition) is 3. The molecule has 0 atom stereocenters. The SMILES string of the molecule is O=C(CCc1cccs1)NCC1CC(O)C1. The van der Waals surface area contributed by atoms with Crippen molar-refractivity contribution < 1.29 is 9.90 Å². The van der Waals surface area contributed by atoms with Crippen molar-refractivity contribution in [3.8, 4) is 0 Å². The molecule has 1 saturated carbocycles. The van der Waals surface area contributed by atoms with Gasteiger partial charge in [-0.15, -0.1) is 11.3 Å². The van der Waals surface area contributed by atoms with Gasteiger partial charge in [0.2, 0.25) is 5.91 Å². The number of rotatable bonds is 5. The summed E-state index contributed by atoms with van der Waals surface area (Å²) in [5, 5.41) is 14.1. The van der Waals surface area contributed by atoms with Crippen molar-refractivity contribution >= 4 is 17.2 Å². The molecule has 2 rings (SSSR count). The molecule has 0 spiro atoms. The highest BCUT2D eigenvalue weighted by Crippen LogP contribution is 2.26. The van der Waals surface area contributed by atoms with Gasteiger partial charge < -0.3 is 10.4 Å². The maximum atomic E-state index is 11.5.